The summed E-state index contributed by atoms with van der Waals surface area (Å²) in [6, 6.07) is 1.34. The second-order valence-corrected chi connectivity index (χ2v) is 3.17. The lowest BCUT2D eigenvalue weighted by molar-refractivity contribution is 0.0954. The molecule has 0 saturated carbocycles. The van der Waals surface area contributed by atoms with E-state index in [0.717, 1.165) is 5.69 Å². The van der Waals surface area contributed by atoms with Gasteiger partial charge in [-0.2, -0.15) is 5.10 Å². The van der Waals surface area contributed by atoms with Gasteiger partial charge in [0.05, 0.1) is 6.04 Å². The van der Waals surface area contributed by atoms with Crippen molar-refractivity contribution in [2.24, 2.45) is 12.8 Å². The van der Waals surface area contributed by atoms with Gasteiger partial charge in [-0.3, -0.25) is 9.48 Å². The zero-order valence-electron chi connectivity index (χ0n) is 8.24. The molecule has 1 atom stereocenters. The number of rotatable bonds is 3. The van der Waals surface area contributed by atoms with Crippen LogP contribution in [0.15, 0.2) is 6.07 Å². The van der Waals surface area contributed by atoms with Crippen molar-refractivity contribution in [3.8, 4) is 0 Å². The summed E-state index contributed by atoms with van der Waals surface area (Å²) >= 11 is 0. The second kappa shape index (κ2) is 3.70. The number of carbonyl (C=O) groups excluding carboxylic acids is 1. The van der Waals surface area contributed by atoms with Crippen molar-refractivity contribution >= 4 is 5.78 Å². The minimum absolute atomic E-state index is 0.0776. The van der Waals surface area contributed by atoms with Gasteiger partial charge < -0.3 is 5.73 Å². The summed E-state index contributed by atoms with van der Waals surface area (Å²) in [6.07, 6.45) is 0.647. The quantitative estimate of drug-likeness (QED) is 0.696. The normalized spacial score (nSPS) is 12.9. The second-order valence-electron chi connectivity index (χ2n) is 3.17. The molecule has 1 heterocycles. The Morgan fingerprint density at radius 3 is 2.77 bits per heavy atom. The number of hydrogen-bond acceptors (Lipinski definition) is 3. The van der Waals surface area contributed by atoms with E-state index in [1.54, 1.807) is 10.7 Å². The van der Waals surface area contributed by atoms with Crippen LogP contribution < -0.4 is 5.73 Å². The van der Waals surface area contributed by atoms with Crippen LogP contribution in [-0.4, -0.2) is 21.6 Å². The van der Waals surface area contributed by atoms with E-state index >= 15 is 0 Å². The number of ketones is 1. The van der Waals surface area contributed by atoms with Gasteiger partial charge in [-0.15, -0.1) is 0 Å². The molecule has 1 aromatic rings. The molecule has 4 nitrogen and oxygen atoms in total. The van der Waals surface area contributed by atoms with Crippen LogP contribution in [0.5, 0.6) is 0 Å². The molecule has 0 radical (unpaired) electrons. The maximum absolute atomic E-state index is 11.5. The molecule has 1 unspecified atom stereocenters. The molecule has 0 aliphatic rings. The van der Waals surface area contributed by atoms with Crippen LogP contribution in [0.4, 0.5) is 0 Å². The van der Waals surface area contributed by atoms with Crippen molar-refractivity contribution in [1.82, 2.24) is 9.78 Å². The molecule has 0 saturated heterocycles. The van der Waals surface area contributed by atoms with Gasteiger partial charge in [0.25, 0.3) is 0 Å². The standard InChI is InChI=1S/C9H15N3O/c1-4-7(10)9(13)8-5-6(2)12(3)11-8/h5,7H,4,10H2,1-3H3. The van der Waals surface area contributed by atoms with Gasteiger partial charge in [0, 0.05) is 12.7 Å². The lowest BCUT2D eigenvalue weighted by Gasteiger charge is -2.03. The number of Topliss-reactive ketones (excluding diaryl/α,β-unsaturated/α-hetero) is 1. The van der Waals surface area contributed by atoms with Crippen molar-refractivity contribution in [3.05, 3.63) is 17.5 Å². The van der Waals surface area contributed by atoms with Gasteiger partial charge in [0.2, 0.25) is 0 Å². The smallest absolute Gasteiger partial charge is 0.199 e. The first kappa shape index (κ1) is 9.92. The van der Waals surface area contributed by atoms with E-state index in [0.29, 0.717) is 12.1 Å². The predicted molar refractivity (Wildman–Crippen MR) is 50.5 cm³/mol. The van der Waals surface area contributed by atoms with E-state index in [9.17, 15) is 4.79 Å². The molecule has 2 N–H and O–H groups in total. The summed E-state index contributed by atoms with van der Waals surface area (Å²) < 4.78 is 1.68. The van der Waals surface area contributed by atoms with Crippen LogP contribution in [0.1, 0.15) is 29.5 Å². The molecule has 0 bridgehead atoms. The zero-order valence-corrected chi connectivity index (χ0v) is 8.24. The van der Waals surface area contributed by atoms with Gasteiger partial charge in [0.1, 0.15) is 5.69 Å². The Balaban J connectivity index is 2.89. The Bertz CT molecular complexity index is 297. The molecule has 0 spiro atoms. The van der Waals surface area contributed by atoms with Crippen LogP contribution in [0.25, 0.3) is 0 Å². The highest BCUT2D eigenvalue weighted by Gasteiger charge is 2.16. The SMILES string of the molecule is CCC(N)C(=O)c1cc(C)n(C)n1. The molecule has 0 aliphatic heterocycles. The number of carbonyl (C=O) groups is 1. The van der Waals surface area contributed by atoms with Crippen molar-refractivity contribution in [3.63, 3.8) is 0 Å². The van der Waals surface area contributed by atoms with Crippen LogP contribution in [0.2, 0.25) is 0 Å². The first-order valence-electron chi connectivity index (χ1n) is 4.36. The van der Waals surface area contributed by atoms with Crippen LogP contribution >= 0.6 is 0 Å². The third-order valence-corrected chi connectivity index (χ3v) is 2.14. The topological polar surface area (TPSA) is 60.9 Å². The molecule has 0 aromatic carbocycles. The first-order valence-corrected chi connectivity index (χ1v) is 4.36. The average molecular weight is 181 g/mol. The number of aromatic nitrogens is 2. The number of aryl methyl sites for hydroxylation is 2. The van der Waals surface area contributed by atoms with Crippen molar-refractivity contribution in [2.75, 3.05) is 0 Å². The Morgan fingerprint density at radius 1 is 1.77 bits per heavy atom. The van der Waals surface area contributed by atoms with Gasteiger partial charge in [0.15, 0.2) is 5.78 Å². The monoisotopic (exact) mass is 181 g/mol. The molecule has 13 heavy (non-hydrogen) atoms. The molecule has 0 fully saturated rings. The predicted octanol–water partition coefficient (Wildman–Crippen LogP) is 0.649. The summed E-state index contributed by atoms with van der Waals surface area (Å²) in [5.41, 5.74) is 7.04. The number of nitrogens with two attached hydrogens (primary N) is 1. The molecular weight excluding hydrogens is 166 g/mol. The van der Waals surface area contributed by atoms with E-state index < -0.39 is 6.04 Å². The summed E-state index contributed by atoms with van der Waals surface area (Å²) in [5, 5.41) is 4.07. The van der Waals surface area contributed by atoms with Crippen molar-refractivity contribution in [2.45, 2.75) is 26.3 Å². The Labute approximate surface area is 77.7 Å². The highest BCUT2D eigenvalue weighted by Crippen LogP contribution is 2.05. The lowest BCUT2D eigenvalue weighted by Crippen LogP contribution is -2.29. The van der Waals surface area contributed by atoms with Crippen molar-refractivity contribution in [1.29, 1.82) is 0 Å². The van der Waals surface area contributed by atoms with Crippen LogP contribution in [0, 0.1) is 6.92 Å². The number of nitrogens with zero attached hydrogens (tertiary/aromatic N) is 2. The van der Waals surface area contributed by atoms with Crippen molar-refractivity contribution < 1.29 is 4.79 Å². The lowest BCUT2D eigenvalue weighted by atomic mass is 10.1. The molecule has 0 aliphatic carbocycles. The van der Waals surface area contributed by atoms with E-state index in [1.807, 2.05) is 20.9 Å². The molecule has 0 amide bonds. The minimum Gasteiger partial charge on any atom is -0.321 e. The maximum atomic E-state index is 11.5. The molecule has 1 aromatic heterocycles. The zero-order chi connectivity index (χ0) is 10.0. The fraction of sp³-hybridized carbons (Fsp3) is 0.556. The summed E-state index contributed by atoms with van der Waals surface area (Å²) in [5.74, 6) is -0.0776. The average Bonchev–Trinajstić information content (AvgIpc) is 2.44. The minimum atomic E-state index is -0.422. The Kier molecular flexibility index (Phi) is 2.83. The molecule has 4 heteroatoms. The third-order valence-electron chi connectivity index (χ3n) is 2.14. The molecule has 72 valence electrons. The first-order chi connectivity index (χ1) is 6.06. The van der Waals surface area contributed by atoms with Gasteiger partial charge >= 0.3 is 0 Å². The van der Waals surface area contributed by atoms with Crippen LogP contribution in [-0.2, 0) is 7.05 Å². The van der Waals surface area contributed by atoms with Gasteiger partial charge in [-0.25, -0.2) is 0 Å². The largest absolute Gasteiger partial charge is 0.321 e. The summed E-state index contributed by atoms with van der Waals surface area (Å²) in [6.45, 7) is 3.79. The summed E-state index contributed by atoms with van der Waals surface area (Å²) in [4.78, 5) is 11.5. The summed E-state index contributed by atoms with van der Waals surface area (Å²) in [7, 11) is 1.81. The highest BCUT2D eigenvalue weighted by molar-refractivity contribution is 5.98. The Hall–Kier alpha value is -1.16. The van der Waals surface area contributed by atoms with E-state index in [2.05, 4.69) is 5.10 Å². The van der Waals surface area contributed by atoms with Crippen LogP contribution in [0.3, 0.4) is 0 Å². The Morgan fingerprint density at radius 2 is 2.38 bits per heavy atom. The third kappa shape index (κ3) is 1.95. The highest BCUT2D eigenvalue weighted by atomic mass is 16.1. The fourth-order valence-electron chi connectivity index (χ4n) is 1.06. The van der Waals surface area contributed by atoms with Gasteiger partial charge in [-0.05, 0) is 19.4 Å². The number of hydrogen-bond donors (Lipinski definition) is 1. The van der Waals surface area contributed by atoms with E-state index in [4.69, 9.17) is 5.73 Å². The van der Waals surface area contributed by atoms with E-state index in [1.165, 1.54) is 0 Å². The molecular formula is C9H15N3O. The van der Waals surface area contributed by atoms with Gasteiger partial charge in [-0.1, -0.05) is 6.92 Å². The fourth-order valence-corrected chi connectivity index (χ4v) is 1.06. The molecule has 1 rings (SSSR count). The van der Waals surface area contributed by atoms with E-state index in [-0.39, 0.29) is 5.78 Å². The maximum Gasteiger partial charge on any atom is 0.199 e.